The van der Waals surface area contributed by atoms with E-state index in [0.717, 1.165) is 5.56 Å². The molecule has 5 heteroatoms. The van der Waals surface area contributed by atoms with Gasteiger partial charge in [0, 0.05) is 0 Å². The first-order valence-electron chi connectivity index (χ1n) is 7.19. The molecule has 23 heavy (non-hydrogen) atoms. The second-order valence-electron chi connectivity index (χ2n) is 5.34. The lowest BCUT2D eigenvalue weighted by molar-refractivity contribution is -0.126. The molecule has 2 aromatic rings. The molecule has 0 spiro atoms. The smallest absolute Gasteiger partial charge is 0.276 e. The minimum atomic E-state index is -0.222. The fraction of sp³-hybridized carbons (Fsp3) is 0.111. The largest absolute Gasteiger partial charge is 0.504 e. The molecule has 1 aliphatic rings. The maximum atomic E-state index is 12.5. The molecule has 1 amide bonds. The van der Waals surface area contributed by atoms with Crippen LogP contribution in [0.1, 0.15) is 18.1 Å². The number of nitrogens with zero attached hydrogens (tertiary/aromatic N) is 2. The normalized spacial score (nSPS) is 16.0. The van der Waals surface area contributed by atoms with Gasteiger partial charge in [-0.15, -0.1) is 0 Å². The van der Waals surface area contributed by atoms with Crippen LogP contribution in [0.3, 0.4) is 0 Å². The van der Waals surface area contributed by atoms with Gasteiger partial charge in [0.2, 0.25) is 0 Å². The van der Waals surface area contributed by atoms with Crippen molar-refractivity contribution in [3.63, 3.8) is 0 Å². The van der Waals surface area contributed by atoms with Crippen LogP contribution >= 0.6 is 0 Å². The predicted octanol–water partition coefficient (Wildman–Crippen LogP) is 2.90. The Bertz CT molecular complexity index is 810. The van der Waals surface area contributed by atoms with Crippen LogP contribution in [0.4, 0.5) is 0 Å². The molecule has 0 aromatic heterocycles. The third-order valence-corrected chi connectivity index (χ3v) is 3.61. The molecule has 0 unspecified atom stereocenters. The molecule has 0 bridgehead atoms. The van der Waals surface area contributed by atoms with Gasteiger partial charge in [-0.05, 0) is 36.3 Å². The first-order valence-corrected chi connectivity index (χ1v) is 7.19. The quantitative estimate of drug-likeness (QED) is 0.676. The van der Waals surface area contributed by atoms with Crippen molar-refractivity contribution in [1.82, 2.24) is 5.01 Å². The van der Waals surface area contributed by atoms with Gasteiger partial charge in [0.15, 0.2) is 11.5 Å². The fourth-order valence-corrected chi connectivity index (χ4v) is 2.40. The lowest BCUT2D eigenvalue weighted by Gasteiger charge is -2.11. The SMILES string of the molecule is CC1=NN(Cc2ccccc2)C(=O)C1=Cc1ccc(O)c(O)c1. The molecule has 0 fully saturated rings. The number of phenolic OH excluding ortho intramolecular Hbond substituents is 2. The average Bonchev–Trinajstić information content (AvgIpc) is 2.79. The van der Waals surface area contributed by atoms with Gasteiger partial charge in [-0.3, -0.25) is 4.79 Å². The van der Waals surface area contributed by atoms with Crippen molar-refractivity contribution in [3.8, 4) is 11.5 Å². The summed E-state index contributed by atoms with van der Waals surface area (Å²) >= 11 is 0. The molecule has 0 radical (unpaired) electrons. The van der Waals surface area contributed by atoms with Crippen molar-refractivity contribution < 1.29 is 15.0 Å². The Hall–Kier alpha value is -3.08. The van der Waals surface area contributed by atoms with E-state index in [1.165, 1.54) is 17.1 Å². The van der Waals surface area contributed by atoms with Crippen molar-refractivity contribution in [2.45, 2.75) is 13.5 Å². The maximum absolute atomic E-state index is 12.5. The Balaban J connectivity index is 1.84. The van der Waals surface area contributed by atoms with E-state index in [0.29, 0.717) is 23.4 Å². The van der Waals surface area contributed by atoms with E-state index in [-0.39, 0.29) is 17.4 Å². The molecule has 0 aliphatic carbocycles. The molecule has 1 aliphatic heterocycles. The zero-order valence-corrected chi connectivity index (χ0v) is 12.6. The van der Waals surface area contributed by atoms with E-state index < -0.39 is 0 Å². The molecular weight excluding hydrogens is 292 g/mol. The van der Waals surface area contributed by atoms with Crippen LogP contribution in [-0.2, 0) is 11.3 Å². The van der Waals surface area contributed by atoms with Gasteiger partial charge in [-0.25, -0.2) is 5.01 Å². The minimum absolute atomic E-state index is 0.182. The summed E-state index contributed by atoms with van der Waals surface area (Å²) in [5, 5.41) is 24.6. The molecule has 1 heterocycles. The van der Waals surface area contributed by atoms with Crippen molar-refractivity contribution in [3.05, 3.63) is 65.2 Å². The van der Waals surface area contributed by atoms with Gasteiger partial charge in [0.05, 0.1) is 17.8 Å². The van der Waals surface area contributed by atoms with Crippen LogP contribution < -0.4 is 0 Å². The monoisotopic (exact) mass is 308 g/mol. The highest BCUT2D eigenvalue weighted by molar-refractivity contribution is 6.26. The minimum Gasteiger partial charge on any atom is -0.504 e. The van der Waals surface area contributed by atoms with Crippen LogP contribution in [0.25, 0.3) is 6.08 Å². The van der Waals surface area contributed by atoms with Crippen molar-refractivity contribution in [2.75, 3.05) is 0 Å². The summed E-state index contributed by atoms with van der Waals surface area (Å²) in [4.78, 5) is 12.5. The summed E-state index contributed by atoms with van der Waals surface area (Å²) in [6.07, 6.45) is 1.66. The summed E-state index contributed by atoms with van der Waals surface area (Å²) in [5.41, 5.74) is 2.73. The lowest BCUT2D eigenvalue weighted by atomic mass is 10.1. The van der Waals surface area contributed by atoms with Crippen molar-refractivity contribution in [2.24, 2.45) is 5.10 Å². The van der Waals surface area contributed by atoms with Crippen LogP contribution in [-0.4, -0.2) is 26.8 Å². The van der Waals surface area contributed by atoms with Gasteiger partial charge < -0.3 is 10.2 Å². The summed E-state index contributed by atoms with van der Waals surface area (Å²) in [6, 6.07) is 14.1. The van der Waals surface area contributed by atoms with Gasteiger partial charge in [-0.1, -0.05) is 36.4 Å². The standard InChI is InChI=1S/C18H16N2O3/c1-12-15(9-14-7-8-16(21)17(22)10-14)18(23)20(19-12)11-13-5-3-2-4-6-13/h2-10,21-22H,11H2,1H3. The molecule has 2 N–H and O–H groups in total. The number of benzene rings is 2. The molecule has 3 rings (SSSR count). The Morgan fingerprint density at radius 2 is 1.83 bits per heavy atom. The average molecular weight is 308 g/mol. The van der Waals surface area contributed by atoms with E-state index in [1.54, 1.807) is 19.1 Å². The van der Waals surface area contributed by atoms with Gasteiger partial charge in [-0.2, -0.15) is 5.10 Å². The number of carbonyl (C=O) groups is 1. The number of phenols is 2. The summed E-state index contributed by atoms with van der Waals surface area (Å²) < 4.78 is 0. The number of amides is 1. The van der Waals surface area contributed by atoms with Gasteiger partial charge >= 0.3 is 0 Å². The van der Waals surface area contributed by atoms with E-state index in [4.69, 9.17) is 0 Å². The van der Waals surface area contributed by atoms with Crippen LogP contribution in [0.15, 0.2) is 59.2 Å². The fourth-order valence-electron chi connectivity index (χ4n) is 2.40. The highest BCUT2D eigenvalue weighted by Crippen LogP contribution is 2.27. The third-order valence-electron chi connectivity index (χ3n) is 3.61. The second kappa shape index (κ2) is 5.96. The third kappa shape index (κ3) is 3.08. The van der Waals surface area contributed by atoms with E-state index >= 15 is 0 Å². The number of hydrogen-bond acceptors (Lipinski definition) is 4. The second-order valence-corrected chi connectivity index (χ2v) is 5.34. The topological polar surface area (TPSA) is 73.1 Å². The molecular formula is C18H16N2O3. The van der Waals surface area contributed by atoms with Crippen LogP contribution in [0, 0.1) is 0 Å². The van der Waals surface area contributed by atoms with E-state index in [1.807, 2.05) is 30.3 Å². The number of carbonyl (C=O) groups excluding carboxylic acids is 1. The van der Waals surface area contributed by atoms with Gasteiger partial charge in [0.1, 0.15) is 0 Å². The van der Waals surface area contributed by atoms with E-state index in [2.05, 4.69) is 5.10 Å². The molecule has 2 aromatic carbocycles. The van der Waals surface area contributed by atoms with E-state index in [9.17, 15) is 15.0 Å². The lowest BCUT2D eigenvalue weighted by Crippen LogP contribution is -2.21. The number of aromatic hydroxyl groups is 2. The zero-order valence-electron chi connectivity index (χ0n) is 12.6. The zero-order chi connectivity index (χ0) is 16.4. The number of rotatable bonds is 3. The molecule has 5 nitrogen and oxygen atoms in total. The molecule has 0 atom stereocenters. The van der Waals surface area contributed by atoms with Crippen LogP contribution in [0.2, 0.25) is 0 Å². The predicted molar refractivity (Wildman–Crippen MR) is 87.8 cm³/mol. The Kier molecular flexibility index (Phi) is 3.85. The number of hydrazone groups is 1. The summed E-state index contributed by atoms with van der Waals surface area (Å²) in [6.45, 7) is 2.18. The van der Waals surface area contributed by atoms with Crippen LogP contribution in [0.5, 0.6) is 11.5 Å². The Morgan fingerprint density at radius 1 is 1.09 bits per heavy atom. The summed E-state index contributed by atoms with van der Waals surface area (Å²) in [7, 11) is 0. The first kappa shape index (κ1) is 14.8. The Morgan fingerprint density at radius 3 is 2.52 bits per heavy atom. The van der Waals surface area contributed by atoms with Crippen molar-refractivity contribution in [1.29, 1.82) is 0 Å². The maximum Gasteiger partial charge on any atom is 0.276 e. The van der Waals surface area contributed by atoms with Crippen molar-refractivity contribution >= 4 is 17.7 Å². The molecule has 0 saturated carbocycles. The highest BCUT2D eigenvalue weighted by Gasteiger charge is 2.27. The molecule has 116 valence electrons. The first-order chi connectivity index (χ1) is 11.0. The highest BCUT2D eigenvalue weighted by atomic mass is 16.3. The Labute approximate surface area is 133 Å². The molecule has 0 saturated heterocycles. The van der Waals surface area contributed by atoms with Gasteiger partial charge in [0.25, 0.3) is 5.91 Å². The summed E-state index contributed by atoms with van der Waals surface area (Å²) in [5.74, 6) is -0.597. The number of hydrogen-bond donors (Lipinski definition) is 2.